The molecule has 2 aromatic rings. The van der Waals surface area contributed by atoms with E-state index < -0.39 is 9.84 Å². The van der Waals surface area contributed by atoms with E-state index in [1.54, 1.807) is 0 Å². The molecular weight excluding hydrogens is 400 g/mol. The third kappa shape index (κ3) is 6.22. The number of hydrogen-bond donors (Lipinski definition) is 0. The molecule has 0 radical (unpaired) electrons. The summed E-state index contributed by atoms with van der Waals surface area (Å²) in [5.41, 5.74) is 4.36. The summed E-state index contributed by atoms with van der Waals surface area (Å²) >= 11 is 0. The molecule has 0 saturated heterocycles. The lowest BCUT2D eigenvalue weighted by molar-refractivity contribution is 0.598. The molecule has 0 unspecified atom stereocenters. The second kappa shape index (κ2) is 11.9. The zero-order chi connectivity index (χ0) is 22.1. The van der Waals surface area contributed by atoms with Crippen LogP contribution < -0.4 is 0 Å². The van der Waals surface area contributed by atoms with Crippen molar-refractivity contribution in [2.24, 2.45) is 0 Å². The molecule has 1 heterocycles. The predicted molar refractivity (Wildman–Crippen MR) is 131 cm³/mol. The fraction of sp³-hybridized carbons (Fsp3) is 0.571. The molecule has 0 spiro atoms. The van der Waals surface area contributed by atoms with Gasteiger partial charge < -0.3 is 0 Å². The highest BCUT2D eigenvalue weighted by molar-refractivity contribution is 7.92. The predicted octanol–water partition coefficient (Wildman–Crippen LogP) is 8.31. The molecule has 170 valence electrons. The van der Waals surface area contributed by atoms with Crippen LogP contribution in [0.5, 0.6) is 0 Å². The highest BCUT2D eigenvalue weighted by Gasteiger charge is 2.32. The van der Waals surface area contributed by atoms with Crippen molar-refractivity contribution < 1.29 is 8.42 Å². The van der Waals surface area contributed by atoms with E-state index in [1.807, 2.05) is 24.3 Å². The third-order valence-corrected chi connectivity index (χ3v) is 8.47. The molecule has 0 amide bonds. The lowest BCUT2D eigenvalue weighted by Gasteiger charge is -2.07. The van der Waals surface area contributed by atoms with Gasteiger partial charge in [-0.2, -0.15) is 0 Å². The Balaban J connectivity index is 1.67. The summed E-state index contributed by atoms with van der Waals surface area (Å²) in [6, 6.07) is 12.0. The summed E-state index contributed by atoms with van der Waals surface area (Å²) in [5.74, 6) is 0. The lowest BCUT2D eigenvalue weighted by Crippen LogP contribution is -1.97. The van der Waals surface area contributed by atoms with E-state index in [4.69, 9.17) is 0 Å². The van der Waals surface area contributed by atoms with Crippen molar-refractivity contribution in [2.45, 2.75) is 114 Å². The van der Waals surface area contributed by atoms with E-state index in [2.05, 4.69) is 26.0 Å². The van der Waals surface area contributed by atoms with E-state index in [9.17, 15) is 8.42 Å². The molecule has 3 rings (SSSR count). The van der Waals surface area contributed by atoms with Crippen molar-refractivity contribution in [3.63, 3.8) is 0 Å². The Hall–Kier alpha value is -1.61. The van der Waals surface area contributed by atoms with Gasteiger partial charge in [-0.3, -0.25) is 0 Å². The van der Waals surface area contributed by atoms with Crippen LogP contribution in [-0.4, -0.2) is 8.42 Å². The second-order valence-electron chi connectivity index (χ2n) is 9.20. The average Bonchev–Trinajstić information content (AvgIpc) is 2.99. The molecule has 0 bridgehead atoms. The van der Waals surface area contributed by atoms with Crippen molar-refractivity contribution in [1.82, 2.24) is 0 Å². The minimum absolute atomic E-state index is 0.492. The number of unbranched alkanes of at least 4 members (excludes halogenated alkanes) is 10. The van der Waals surface area contributed by atoms with Crippen LogP contribution in [0, 0.1) is 0 Å². The lowest BCUT2D eigenvalue weighted by atomic mass is 9.97. The van der Waals surface area contributed by atoms with Crippen LogP contribution in [0.3, 0.4) is 0 Å². The van der Waals surface area contributed by atoms with Crippen molar-refractivity contribution >= 4 is 9.84 Å². The molecule has 0 aliphatic carbocycles. The summed E-state index contributed by atoms with van der Waals surface area (Å²) in [6.07, 6.45) is 17.4. The summed E-state index contributed by atoms with van der Waals surface area (Å²) < 4.78 is 26.0. The van der Waals surface area contributed by atoms with Crippen LogP contribution in [0.4, 0.5) is 0 Å². The van der Waals surface area contributed by atoms with Gasteiger partial charge in [0.1, 0.15) is 0 Å². The normalized spacial score (nSPS) is 13.9. The van der Waals surface area contributed by atoms with E-state index in [0.717, 1.165) is 24.0 Å². The maximum atomic E-state index is 13.0. The Morgan fingerprint density at radius 1 is 0.548 bits per heavy atom. The SMILES string of the molecule is CCCCCCCCc1ccc2c(c1)-c1cc(CCCCCCCC)ccc1S2(=O)=O. The van der Waals surface area contributed by atoms with Gasteiger partial charge in [-0.15, -0.1) is 0 Å². The zero-order valence-corrected chi connectivity index (χ0v) is 20.4. The van der Waals surface area contributed by atoms with Gasteiger partial charge in [-0.25, -0.2) is 8.42 Å². The zero-order valence-electron chi connectivity index (χ0n) is 19.6. The molecule has 0 N–H and O–H groups in total. The van der Waals surface area contributed by atoms with E-state index in [1.165, 1.54) is 88.2 Å². The molecule has 3 heteroatoms. The molecule has 31 heavy (non-hydrogen) atoms. The van der Waals surface area contributed by atoms with E-state index in [-0.39, 0.29) is 0 Å². The first kappa shape index (κ1) is 24.0. The first-order valence-electron chi connectivity index (χ1n) is 12.6. The largest absolute Gasteiger partial charge is 0.218 e. The minimum atomic E-state index is -3.37. The van der Waals surface area contributed by atoms with Gasteiger partial charge in [-0.1, -0.05) is 90.2 Å². The standard InChI is InChI=1S/C28H40O2S/c1-3-5-7-9-11-13-15-23-17-19-27-25(21-23)26-22-24(16-14-12-10-8-6-4-2)18-20-28(26)31(27,29)30/h17-22H,3-16H2,1-2H3. The molecule has 2 aromatic carbocycles. The molecule has 1 aliphatic heterocycles. The number of benzene rings is 2. The highest BCUT2D eigenvalue weighted by atomic mass is 32.2. The van der Waals surface area contributed by atoms with Crippen LogP contribution in [0.15, 0.2) is 46.2 Å². The van der Waals surface area contributed by atoms with Gasteiger partial charge in [0.2, 0.25) is 9.84 Å². The van der Waals surface area contributed by atoms with E-state index >= 15 is 0 Å². The fourth-order valence-electron chi connectivity index (χ4n) is 4.69. The van der Waals surface area contributed by atoms with E-state index in [0.29, 0.717) is 9.79 Å². The quantitative estimate of drug-likeness (QED) is 0.236. The fourth-order valence-corrected chi connectivity index (χ4v) is 6.34. The van der Waals surface area contributed by atoms with Gasteiger partial charge in [0.15, 0.2) is 0 Å². The molecule has 0 atom stereocenters. The van der Waals surface area contributed by atoms with Crippen LogP contribution in [0.2, 0.25) is 0 Å². The Morgan fingerprint density at radius 3 is 1.35 bits per heavy atom. The summed E-state index contributed by atoms with van der Waals surface area (Å²) in [5, 5.41) is 0. The summed E-state index contributed by atoms with van der Waals surface area (Å²) in [4.78, 5) is 0.983. The molecular formula is C28H40O2S. The number of hydrogen-bond acceptors (Lipinski definition) is 2. The van der Waals surface area contributed by atoms with Gasteiger partial charge in [0.25, 0.3) is 0 Å². The van der Waals surface area contributed by atoms with Crippen LogP contribution in [0.1, 0.15) is 102 Å². The number of fused-ring (bicyclic) bond motifs is 3. The van der Waals surface area contributed by atoms with Crippen LogP contribution >= 0.6 is 0 Å². The van der Waals surface area contributed by atoms with Gasteiger partial charge in [-0.05, 0) is 61.1 Å². The molecule has 0 fully saturated rings. The Bertz CT molecular complexity index is 872. The van der Waals surface area contributed by atoms with Crippen LogP contribution in [0.25, 0.3) is 11.1 Å². The topological polar surface area (TPSA) is 34.1 Å². The second-order valence-corrected chi connectivity index (χ2v) is 11.1. The monoisotopic (exact) mass is 440 g/mol. The number of sulfone groups is 1. The maximum Gasteiger partial charge on any atom is 0.207 e. The first-order valence-corrected chi connectivity index (χ1v) is 14.1. The smallest absolute Gasteiger partial charge is 0.207 e. The molecule has 0 aromatic heterocycles. The minimum Gasteiger partial charge on any atom is -0.218 e. The molecule has 0 saturated carbocycles. The summed E-state index contributed by atoms with van der Waals surface area (Å²) in [7, 11) is -3.37. The molecule has 2 nitrogen and oxygen atoms in total. The van der Waals surface area contributed by atoms with Crippen molar-refractivity contribution in [3.05, 3.63) is 47.5 Å². The first-order chi connectivity index (χ1) is 15.1. The number of aryl methyl sites for hydroxylation is 2. The Morgan fingerprint density at radius 2 is 0.935 bits per heavy atom. The maximum absolute atomic E-state index is 13.0. The summed E-state index contributed by atoms with van der Waals surface area (Å²) in [6.45, 7) is 4.49. The van der Waals surface area contributed by atoms with Crippen molar-refractivity contribution in [3.8, 4) is 11.1 Å². The number of rotatable bonds is 14. The van der Waals surface area contributed by atoms with Crippen molar-refractivity contribution in [2.75, 3.05) is 0 Å². The van der Waals surface area contributed by atoms with Crippen molar-refractivity contribution in [1.29, 1.82) is 0 Å². The van der Waals surface area contributed by atoms with Gasteiger partial charge in [0.05, 0.1) is 9.79 Å². The average molecular weight is 441 g/mol. The highest BCUT2D eigenvalue weighted by Crippen LogP contribution is 2.44. The molecule has 1 aliphatic rings. The van der Waals surface area contributed by atoms with Crippen LogP contribution in [-0.2, 0) is 22.7 Å². The Kier molecular flexibility index (Phi) is 9.19. The van der Waals surface area contributed by atoms with Gasteiger partial charge in [0, 0.05) is 11.1 Å². The Labute approximate surface area is 190 Å². The third-order valence-electron chi connectivity index (χ3n) is 6.60. The van der Waals surface area contributed by atoms with Gasteiger partial charge >= 0.3 is 0 Å².